The lowest BCUT2D eigenvalue weighted by Crippen LogP contribution is -2.46. The van der Waals surface area contributed by atoms with Crippen molar-refractivity contribution in [2.24, 2.45) is 23.5 Å². The van der Waals surface area contributed by atoms with Gasteiger partial charge in [-0.15, -0.1) is 0 Å². The molecule has 5 fully saturated rings. The Morgan fingerprint density at radius 2 is 0.872 bits per heavy atom. The first-order valence-electron chi connectivity index (χ1n) is 38.3. The molecule has 9 aromatic heterocycles. The first-order valence-corrected chi connectivity index (χ1v) is 42.6. The van der Waals surface area contributed by atoms with Gasteiger partial charge >= 0.3 is 7.12 Å². The zero-order valence-electron chi connectivity index (χ0n) is 64.6. The van der Waals surface area contributed by atoms with Gasteiger partial charge in [0, 0.05) is 76.0 Å². The number of nitrogens with zero attached hydrogens (tertiary/aromatic N) is 11. The van der Waals surface area contributed by atoms with E-state index in [1.165, 1.54) is 47.1 Å². The number of aliphatic hydroxyl groups excluding tert-OH is 8. The SMILES string of the molecule is Cc1ccc(S(=O)(=O)n2cc(-c3ncc(F)c(C[C@H]4CCC[C@H](O)[C@H]4O)n3)c3cc(Cl)cnc32)cc1.Cc1ccc(S(=O)(=O)n2cc(B3OC(C)(C)C(C)(C)O3)c3cc(Cl)cnc32)cc1.N[C@H]1CCC[C@H](O)[C@H]1O.O[C@H]1[C@@H](Cc2nc(-c3c[nH]c4ncc(Cl)cc34)ncc2F)CCC[C@@H]1O.O[C@H]1[C@@H](Cc2nc(Cl)ncc2F)CCC[C@@H]1O. The Morgan fingerprint density at radius 1 is 0.487 bits per heavy atom. The van der Waals surface area contributed by atoms with Crippen molar-refractivity contribution in [2.75, 3.05) is 0 Å². The van der Waals surface area contributed by atoms with Gasteiger partial charge in [-0.25, -0.2) is 82.8 Å². The number of fused-ring (bicyclic) bond motifs is 3. The molecule has 5 aliphatic rings. The molecule has 624 valence electrons. The zero-order chi connectivity index (χ0) is 84.3. The van der Waals surface area contributed by atoms with Crippen LogP contribution < -0.4 is 11.2 Å². The van der Waals surface area contributed by atoms with Gasteiger partial charge in [0.05, 0.1) is 121 Å². The monoisotopic (exact) mass is 1730 g/mol. The van der Waals surface area contributed by atoms with Gasteiger partial charge in [0.25, 0.3) is 20.0 Å². The number of nitrogens with one attached hydrogen (secondary N) is 1. The number of aromatic nitrogens is 12. The van der Waals surface area contributed by atoms with Gasteiger partial charge < -0.3 is 60.9 Å². The normalized spacial score (nSPS) is 23.9. The van der Waals surface area contributed by atoms with Gasteiger partial charge in [-0.05, 0) is 190 Å². The molecule has 4 aliphatic carbocycles. The third kappa shape index (κ3) is 20.1. The number of H-pyrrole nitrogens is 1. The second-order valence-electron chi connectivity index (χ2n) is 31.2. The van der Waals surface area contributed by atoms with Crippen molar-refractivity contribution < 1.29 is 80.2 Å². The van der Waals surface area contributed by atoms with Crippen LogP contribution in [0.15, 0.2) is 132 Å². The van der Waals surface area contributed by atoms with Crippen LogP contribution in [0.1, 0.15) is 133 Å². The summed E-state index contributed by atoms with van der Waals surface area (Å²) in [5, 5.41) is 80.7. The Morgan fingerprint density at radius 3 is 1.32 bits per heavy atom. The van der Waals surface area contributed by atoms with E-state index >= 15 is 0 Å². The Bertz CT molecular complexity index is 5570. The molecule has 37 heteroatoms. The summed E-state index contributed by atoms with van der Waals surface area (Å²) in [6, 6.07) is 17.9. The molecule has 117 heavy (non-hydrogen) atoms. The van der Waals surface area contributed by atoms with E-state index in [4.69, 9.17) is 71.7 Å². The van der Waals surface area contributed by atoms with E-state index in [2.05, 4.69) is 49.8 Å². The van der Waals surface area contributed by atoms with Crippen LogP contribution in [0, 0.1) is 49.1 Å². The topological polar surface area (TPSA) is 416 Å². The molecule has 2 aromatic carbocycles. The van der Waals surface area contributed by atoms with Gasteiger partial charge in [0.1, 0.15) is 5.65 Å². The second-order valence-corrected chi connectivity index (χ2v) is 36.4. The first kappa shape index (κ1) is 88.5. The van der Waals surface area contributed by atoms with Gasteiger partial charge in [-0.3, -0.25) is 0 Å². The summed E-state index contributed by atoms with van der Waals surface area (Å²) in [6.45, 7) is 11.5. The standard InChI is InChI=1S/C25H24ClFN4O4S.C20H22BClN2O4S.C18H18ClFN4O2.C11H14ClFN2O2.C6H13NO2/c1-14-5-7-17(8-6-14)36(34,35)31-13-19(18-10-16(26)11-29-25(18)31)24-28-12-20(27)21(30-24)9-15-3-2-4-22(32)23(15)33;1-13-6-8-15(9-7-13)29(25,26)24-12-17(16-10-14(22)11-23-18(16)24)21-27-19(2,3)20(4,5)28-21;19-10-5-11-12(7-22-17(11)21-6-10)18-23-8-13(20)14(24-18)4-9-2-1-3-15(25)16(9)26;12-11-14-5-7(13)8(15-11)4-6-2-1-3-9(16)10(6)17;7-4-2-1-3-5(8)6(4)9/h5-8,10-13,15,22-23,32-33H,2-4,9H2,1H3;6-12H,1-5H3;5-9,15-16,25-26H,1-4H2,(H,21,22);5-6,9-10,16-17H,1-4H2;4-6,8-9H,1-3,7H2/t15-,22+,23+;;9-,15+,16+;6-,9+,10+;4-,5-,6-/m1.110/s1. The summed E-state index contributed by atoms with van der Waals surface area (Å²) in [4.78, 5) is 40.4. The Kier molecular flexibility index (Phi) is 28.0. The van der Waals surface area contributed by atoms with E-state index in [1.807, 2.05) is 41.5 Å². The van der Waals surface area contributed by atoms with E-state index < -0.39 is 105 Å². The highest BCUT2D eigenvalue weighted by Crippen LogP contribution is 2.40. The molecule has 1 saturated heterocycles. The smallest absolute Gasteiger partial charge is 0.399 e. The van der Waals surface area contributed by atoms with Crippen molar-refractivity contribution in [1.82, 2.24) is 57.8 Å². The molecule has 0 radical (unpaired) electrons. The number of aliphatic hydroxyl groups is 8. The maximum atomic E-state index is 14.7. The fraction of sp³-hybridized carbons (Fsp3) is 0.438. The Labute approximate surface area is 694 Å². The van der Waals surface area contributed by atoms with E-state index in [9.17, 15) is 60.6 Å². The molecular formula is C80H91BCl4F3N13O14S2. The maximum absolute atomic E-state index is 14.7. The highest BCUT2D eigenvalue weighted by Gasteiger charge is 2.53. The van der Waals surface area contributed by atoms with Gasteiger partial charge in [0.15, 0.2) is 40.4 Å². The van der Waals surface area contributed by atoms with E-state index in [0.29, 0.717) is 81.0 Å². The largest absolute Gasteiger partial charge is 0.497 e. The van der Waals surface area contributed by atoms with Crippen LogP contribution in [0.4, 0.5) is 13.2 Å². The van der Waals surface area contributed by atoms with Crippen molar-refractivity contribution in [3.8, 4) is 22.8 Å². The van der Waals surface area contributed by atoms with E-state index in [0.717, 1.165) is 84.0 Å². The van der Waals surface area contributed by atoms with Crippen LogP contribution in [0.25, 0.3) is 55.9 Å². The number of aromatic amines is 1. The first-order chi connectivity index (χ1) is 55.4. The predicted octanol–water partition coefficient (Wildman–Crippen LogP) is 10.9. The van der Waals surface area contributed by atoms with Crippen molar-refractivity contribution in [2.45, 2.75) is 214 Å². The van der Waals surface area contributed by atoms with Crippen LogP contribution in [-0.2, 0) is 48.6 Å². The van der Waals surface area contributed by atoms with Crippen molar-refractivity contribution in [3.63, 3.8) is 0 Å². The molecule has 0 amide bonds. The number of hydrogen-bond donors (Lipinski definition) is 10. The summed E-state index contributed by atoms with van der Waals surface area (Å²) in [7, 11) is -8.62. The molecule has 1 aliphatic heterocycles. The number of halogens is 7. The van der Waals surface area contributed by atoms with Crippen LogP contribution in [-0.4, -0.2) is 189 Å². The minimum absolute atomic E-state index is 0.00718. The lowest BCUT2D eigenvalue weighted by Gasteiger charge is -2.32. The van der Waals surface area contributed by atoms with Crippen LogP contribution in [0.2, 0.25) is 20.4 Å². The molecule has 11 aromatic rings. The second kappa shape index (κ2) is 37.1. The summed E-state index contributed by atoms with van der Waals surface area (Å²) >= 11 is 24.0. The Hall–Kier alpha value is -7.78. The molecule has 12 atom stereocenters. The number of rotatable bonds is 13. The number of hydrogen-bond acceptors (Lipinski definition) is 24. The molecular weight excluding hydrogens is 1640 g/mol. The zero-order valence-corrected chi connectivity index (χ0v) is 69.3. The molecule has 0 unspecified atom stereocenters. The summed E-state index contributed by atoms with van der Waals surface area (Å²) in [6.07, 6.45) is 15.0. The van der Waals surface area contributed by atoms with Crippen LogP contribution in [0.5, 0.6) is 0 Å². The maximum Gasteiger partial charge on any atom is 0.497 e. The van der Waals surface area contributed by atoms with Crippen molar-refractivity contribution in [1.29, 1.82) is 0 Å². The summed E-state index contributed by atoms with van der Waals surface area (Å²) in [5.41, 5.74) is 9.37. The predicted molar refractivity (Wildman–Crippen MR) is 436 cm³/mol. The van der Waals surface area contributed by atoms with E-state index in [-0.39, 0.29) is 97.4 Å². The quantitative estimate of drug-likeness (QED) is 0.0379. The Balaban J connectivity index is 0.000000142. The highest BCUT2D eigenvalue weighted by molar-refractivity contribution is 7.90. The van der Waals surface area contributed by atoms with Crippen LogP contribution >= 0.6 is 46.4 Å². The minimum atomic E-state index is -4.02. The molecule has 4 saturated carbocycles. The van der Waals surface area contributed by atoms with Gasteiger partial charge in [0.2, 0.25) is 5.28 Å². The number of pyridine rings is 3. The molecule has 16 rings (SSSR count). The highest BCUT2D eigenvalue weighted by atomic mass is 35.5. The van der Waals surface area contributed by atoms with Crippen molar-refractivity contribution in [3.05, 3.63) is 189 Å². The average molecular weight is 1730 g/mol. The number of nitrogens with two attached hydrogens (primary N) is 1. The molecule has 0 spiro atoms. The molecule has 10 heterocycles. The van der Waals surface area contributed by atoms with Gasteiger partial charge in [-0.1, -0.05) is 89.5 Å². The summed E-state index contributed by atoms with van der Waals surface area (Å²) in [5.74, 6) is -1.98. The summed E-state index contributed by atoms with van der Waals surface area (Å²) < 4.78 is 110. The van der Waals surface area contributed by atoms with Gasteiger partial charge in [-0.2, -0.15) is 0 Å². The van der Waals surface area contributed by atoms with Crippen LogP contribution in [0.3, 0.4) is 0 Å². The lowest BCUT2D eigenvalue weighted by atomic mass is 9.79. The molecule has 27 nitrogen and oxygen atoms in total. The molecule has 0 bridgehead atoms. The minimum Gasteiger partial charge on any atom is -0.399 e. The average Bonchev–Trinajstić information content (AvgIpc) is 1.59. The number of aryl methyl sites for hydroxylation is 2. The molecule has 11 N–H and O–H groups in total. The third-order valence-corrected chi connectivity index (χ3v) is 26.5. The fourth-order valence-electron chi connectivity index (χ4n) is 14.9. The third-order valence-electron chi connectivity index (χ3n) is 22.3. The fourth-order valence-corrected chi connectivity index (χ4v) is 18.1. The lowest BCUT2D eigenvalue weighted by molar-refractivity contribution is -0.0447. The van der Waals surface area contributed by atoms with E-state index in [1.54, 1.807) is 60.8 Å². The van der Waals surface area contributed by atoms with Crippen molar-refractivity contribution >= 4 is 112 Å². The number of benzene rings is 2.